The standard InChI is InChI=1S/C22H26F2O/c1-3-4-15-5-7-16(8-6-15)17-9-11-18(12-10-17)19-13-20(23)22(25-2)21(24)14-19/h9-16H,3-8H2,1-2H3. The highest BCUT2D eigenvalue weighted by atomic mass is 19.1. The normalized spacial score (nSPS) is 20.5. The summed E-state index contributed by atoms with van der Waals surface area (Å²) in [4.78, 5) is 0. The minimum atomic E-state index is -0.671. The summed E-state index contributed by atoms with van der Waals surface area (Å²) in [5.74, 6) is -0.159. The number of hydrogen-bond donors (Lipinski definition) is 0. The smallest absolute Gasteiger partial charge is 0.190 e. The summed E-state index contributed by atoms with van der Waals surface area (Å²) in [6, 6.07) is 10.8. The van der Waals surface area contributed by atoms with Crippen LogP contribution in [-0.2, 0) is 0 Å². The lowest BCUT2D eigenvalue weighted by molar-refractivity contribution is 0.308. The fourth-order valence-electron chi connectivity index (χ4n) is 4.06. The first-order valence-corrected chi connectivity index (χ1v) is 9.25. The van der Waals surface area contributed by atoms with Crippen LogP contribution in [-0.4, -0.2) is 7.11 Å². The monoisotopic (exact) mass is 344 g/mol. The summed E-state index contributed by atoms with van der Waals surface area (Å²) in [7, 11) is 1.27. The average molecular weight is 344 g/mol. The van der Waals surface area contributed by atoms with Crippen LogP contribution in [0.25, 0.3) is 11.1 Å². The third-order valence-electron chi connectivity index (χ3n) is 5.46. The Kier molecular flexibility index (Phi) is 5.72. The molecule has 2 aromatic carbocycles. The van der Waals surface area contributed by atoms with Gasteiger partial charge >= 0.3 is 0 Å². The molecule has 1 fully saturated rings. The molecule has 0 radical (unpaired) electrons. The minimum Gasteiger partial charge on any atom is -0.491 e. The zero-order valence-corrected chi connectivity index (χ0v) is 15.0. The number of rotatable bonds is 5. The Morgan fingerprint density at radius 2 is 1.52 bits per heavy atom. The van der Waals surface area contributed by atoms with Crippen LogP contribution >= 0.6 is 0 Å². The Hall–Kier alpha value is -1.90. The Labute approximate surface area is 149 Å². The summed E-state index contributed by atoms with van der Waals surface area (Å²) in [5.41, 5.74) is 2.70. The predicted molar refractivity (Wildman–Crippen MR) is 98.0 cm³/mol. The molecule has 1 aliphatic carbocycles. The molecule has 0 amide bonds. The van der Waals surface area contributed by atoms with Gasteiger partial charge in [0.25, 0.3) is 0 Å². The quantitative estimate of drug-likeness (QED) is 0.585. The van der Waals surface area contributed by atoms with Crippen molar-refractivity contribution in [2.75, 3.05) is 7.11 Å². The Bertz CT molecular complexity index is 677. The van der Waals surface area contributed by atoms with Gasteiger partial charge in [-0.3, -0.25) is 0 Å². The molecule has 1 nitrogen and oxygen atoms in total. The van der Waals surface area contributed by atoms with Gasteiger partial charge in [-0.05, 0) is 66.3 Å². The molecule has 0 bridgehead atoms. The van der Waals surface area contributed by atoms with Crippen molar-refractivity contribution in [2.45, 2.75) is 51.4 Å². The van der Waals surface area contributed by atoms with Crippen LogP contribution in [0.5, 0.6) is 5.75 Å². The highest BCUT2D eigenvalue weighted by Gasteiger charge is 2.21. The van der Waals surface area contributed by atoms with Gasteiger partial charge in [0.15, 0.2) is 17.4 Å². The Morgan fingerprint density at radius 1 is 0.920 bits per heavy atom. The molecule has 134 valence electrons. The maximum atomic E-state index is 13.9. The lowest BCUT2D eigenvalue weighted by Gasteiger charge is -2.28. The van der Waals surface area contributed by atoms with E-state index in [1.54, 1.807) is 0 Å². The van der Waals surface area contributed by atoms with Gasteiger partial charge in [0, 0.05) is 0 Å². The second-order valence-electron chi connectivity index (χ2n) is 7.10. The van der Waals surface area contributed by atoms with Crippen LogP contribution in [0.1, 0.15) is 56.9 Å². The predicted octanol–water partition coefficient (Wildman–Crippen LogP) is 6.71. The van der Waals surface area contributed by atoms with Gasteiger partial charge in [0.05, 0.1) is 7.11 Å². The molecule has 3 rings (SSSR count). The van der Waals surface area contributed by atoms with Gasteiger partial charge in [-0.15, -0.1) is 0 Å². The minimum absolute atomic E-state index is 0.329. The molecule has 0 N–H and O–H groups in total. The molecular weight excluding hydrogens is 318 g/mol. The third-order valence-corrected chi connectivity index (χ3v) is 5.46. The number of benzene rings is 2. The van der Waals surface area contributed by atoms with Gasteiger partial charge in [-0.1, -0.05) is 44.0 Å². The van der Waals surface area contributed by atoms with Crippen molar-refractivity contribution in [1.29, 1.82) is 0 Å². The average Bonchev–Trinajstić information content (AvgIpc) is 2.62. The number of methoxy groups -OCH3 is 1. The molecule has 0 spiro atoms. The van der Waals surface area contributed by atoms with Gasteiger partial charge in [-0.25, -0.2) is 8.78 Å². The van der Waals surface area contributed by atoms with Crippen molar-refractivity contribution >= 4 is 0 Å². The Balaban J connectivity index is 1.73. The van der Waals surface area contributed by atoms with Crippen molar-refractivity contribution in [3.8, 4) is 16.9 Å². The molecule has 0 aromatic heterocycles. The molecule has 3 heteroatoms. The summed E-state index contributed by atoms with van der Waals surface area (Å²) in [6.45, 7) is 2.26. The first-order chi connectivity index (χ1) is 12.1. The van der Waals surface area contributed by atoms with Gasteiger partial charge in [-0.2, -0.15) is 0 Å². The molecule has 1 saturated carbocycles. The van der Waals surface area contributed by atoms with Gasteiger partial charge < -0.3 is 4.74 Å². The van der Waals surface area contributed by atoms with E-state index >= 15 is 0 Å². The number of ether oxygens (including phenoxy) is 1. The Morgan fingerprint density at radius 3 is 2.04 bits per heavy atom. The second-order valence-corrected chi connectivity index (χ2v) is 7.10. The van der Waals surface area contributed by atoms with Crippen molar-refractivity contribution in [2.24, 2.45) is 5.92 Å². The van der Waals surface area contributed by atoms with E-state index in [4.69, 9.17) is 4.74 Å². The highest BCUT2D eigenvalue weighted by Crippen LogP contribution is 2.38. The van der Waals surface area contributed by atoms with E-state index in [1.165, 1.54) is 63.3 Å². The van der Waals surface area contributed by atoms with Crippen LogP contribution in [0, 0.1) is 17.6 Å². The van der Waals surface area contributed by atoms with E-state index < -0.39 is 11.6 Å². The van der Waals surface area contributed by atoms with E-state index in [0.717, 1.165) is 11.5 Å². The summed E-state index contributed by atoms with van der Waals surface area (Å²) in [5, 5.41) is 0. The zero-order chi connectivity index (χ0) is 17.8. The van der Waals surface area contributed by atoms with E-state index in [0.29, 0.717) is 11.5 Å². The highest BCUT2D eigenvalue weighted by molar-refractivity contribution is 5.65. The first-order valence-electron chi connectivity index (χ1n) is 9.25. The molecule has 2 aromatic rings. The maximum Gasteiger partial charge on any atom is 0.190 e. The molecular formula is C22H26F2O. The molecule has 0 heterocycles. The summed E-state index contributed by atoms with van der Waals surface area (Å²) in [6.07, 6.45) is 7.75. The van der Waals surface area contributed by atoms with Crippen molar-refractivity contribution in [3.05, 3.63) is 53.6 Å². The van der Waals surface area contributed by atoms with Crippen molar-refractivity contribution in [1.82, 2.24) is 0 Å². The van der Waals surface area contributed by atoms with Gasteiger partial charge in [0.2, 0.25) is 0 Å². The van der Waals surface area contributed by atoms with Crippen LogP contribution < -0.4 is 4.74 Å². The maximum absolute atomic E-state index is 13.9. The molecule has 0 atom stereocenters. The first kappa shape index (κ1) is 17.9. The number of halogens is 2. The van der Waals surface area contributed by atoms with Crippen LogP contribution in [0.2, 0.25) is 0 Å². The third kappa shape index (κ3) is 4.02. The molecule has 0 unspecified atom stereocenters. The second kappa shape index (κ2) is 7.99. The summed E-state index contributed by atoms with van der Waals surface area (Å²) < 4.78 is 32.5. The number of hydrogen-bond acceptors (Lipinski definition) is 1. The van der Waals surface area contributed by atoms with Gasteiger partial charge in [0.1, 0.15) is 0 Å². The summed E-state index contributed by atoms with van der Waals surface area (Å²) >= 11 is 0. The van der Waals surface area contributed by atoms with Crippen LogP contribution in [0.3, 0.4) is 0 Å². The zero-order valence-electron chi connectivity index (χ0n) is 15.0. The lowest BCUT2D eigenvalue weighted by atomic mass is 9.77. The lowest BCUT2D eigenvalue weighted by Crippen LogP contribution is -2.13. The fourth-order valence-corrected chi connectivity index (χ4v) is 4.06. The molecule has 1 aliphatic rings. The van der Waals surface area contributed by atoms with Crippen molar-refractivity contribution in [3.63, 3.8) is 0 Å². The fraction of sp³-hybridized carbons (Fsp3) is 0.455. The SMILES string of the molecule is CCCC1CCC(c2ccc(-c3cc(F)c(OC)c(F)c3)cc2)CC1. The van der Waals surface area contributed by atoms with Crippen LogP contribution in [0.15, 0.2) is 36.4 Å². The topological polar surface area (TPSA) is 9.23 Å². The van der Waals surface area contributed by atoms with E-state index in [-0.39, 0.29) is 5.75 Å². The van der Waals surface area contributed by atoms with Crippen molar-refractivity contribution < 1.29 is 13.5 Å². The van der Waals surface area contributed by atoms with E-state index in [2.05, 4.69) is 19.1 Å². The van der Waals surface area contributed by atoms with Crippen LogP contribution in [0.4, 0.5) is 8.78 Å². The molecule has 25 heavy (non-hydrogen) atoms. The largest absolute Gasteiger partial charge is 0.491 e. The van der Waals surface area contributed by atoms with E-state index in [1.807, 2.05) is 12.1 Å². The molecule has 0 aliphatic heterocycles. The molecule has 0 saturated heterocycles. The van der Waals surface area contributed by atoms with E-state index in [9.17, 15) is 8.78 Å².